The van der Waals surface area contributed by atoms with Crippen molar-refractivity contribution >= 4 is 5.78 Å². The monoisotopic (exact) mass is 211 g/mol. The first-order chi connectivity index (χ1) is 6.92. The summed E-state index contributed by atoms with van der Waals surface area (Å²) in [6.07, 6.45) is 2.62. The Morgan fingerprint density at radius 3 is 1.93 bits per heavy atom. The van der Waals surface area contributed by atoms with Crippen LogP contribution >= 0.6 is 0 Å². The molecular weight excluding hydrogens is 186 g/mol. The molecule has 0 fully saturated rings. The predicted molar refractivity (Wildman–Crippen MR) is 66.1 cm³/mol. The third-order valence-corrected chi connectivity index (χ3v) is 3.10. The first-order valence-electron chi connectivity index (χ1n) is 5.86. The molecule has 15 heavy (non-hydrogen) atoms. The van der Waals surface area contributed by atoms with Gasteiger partial charge in [-0.3, -0.25) is 9.69 Å². The minimum atomic E-state index is -0.333. The van der Waals surface area contributed by atoms with Gasteiger partial charge in [0, 0.05) is 0 Å². The summed E-state index contributed by atoms with van der Waals surface area (Å²) in [5.74, 6) is 0.230. The molecule has 2 nitrogen and oxygen atoms in total. The summed E-state index contributed by atoms with van der Waals surface area (Å²) >= 11 is 0. The summed E-state index contributed by atoms with van der Waals surface area (Å²) in [6.45, 7) is 14.1. The minimum Gasteiger partial charge on any atom is -0.293 e. The summed E-state index contributed by atoms with van der Waals surface area (Å²) in [5, 5.41) is 0. The summed E-state index contributed by atoms with van der Waals surface area (Å²) in [7, 11) is 0. The molecule has 0 saturated carbocycles. The fourth-order valence-electron chi connectivity index (χ4n) is 1.89. The molecule has 0 aromatic rings. The van der Waals surface area contributed by atoms with E-state index in [1.807, 2.05) is 20.8 Å². The van der Waals surface area contributed by atoms with Crippen LogP contribution in [0.25, 0.3) is 0 Å². The summed E-state index contributed by atoms with van der Waals surface area (Å²) < 4.78 is 0. The van der Waals surface area contributed by atoms with Crippen LogP contribution in [-0.2, 0) is 4.79 Å². The molecule has 0 aromatic carbocycles. The van der Waals surface area contributed by atoms with E-state index in [1.54, 1.807) is 6.08 Å². The van der Waals surface area contributed by atoms with E-state index in [0.29, 0.717) is 0 Å². The van der Waals surface area contributed by atoms with Gasteiger partial charge in [0.05, 0.1) is 5.54 Å². The number of allylic oxidation sites excluding steroid dienone is 1. The number of ketones is 1. The van der Waals surface area contributed by atoms with E-state index >= 15 is 0 Å². The van der Waals surface area contributed by atoms with Crippen LogP contribution in [-0.4, -0.2) is 29.3 Å². The molecule has 1 atom stereocenters. The fourth-order valence-corrected chi connectivity index (χ4v) is 1.89. The molecule has 0 amide bonds. The molecule has 1 unspecified atom stereocenters. The zero-order chi connectivity index (χ0) is 12.1. The lowest BCUT2D eigenvalue weighted by atomic mass is 9.89. The van der Waals surface area contributed by atoms with Gasteiger partial charge < -0.3 is 0 Å². The van der Waals surface area contributed by atoms with Crippen LogP contribution in [0.3, 0.4) is 0 Å². The second-order valence-electron chi connectivity index (χ2n) is 4.39. The molecule has 0 aromatic heterocycles. The van der Waals surface area contributed by atoms with E-state index in [4.69, 9.17) is 0 Å². The topological polar surface area (TPSA) is 20.3 Å². The lowest BCUT2D eigenvalue weighted by Crippen LogP contribution is -2.51. The summed E-state index contributed by atoms with van der Waals surface area (Å²) in [4.78, 5) is 14.4. The summed E-state index contributed by atoms with van der Waals surface area (Å²) in [5.41, 5.74) is 0.743. The number of rotatable bonds is 6. The SMILES string of the molecule is CCN(CC)C(C)(CC)C(=O)C=C(C)C. The molecule has 0 saturated heterocycles. The molecule has 0 bridgehead atoms. The second-order valence-corrected chi connectivity index (χ2v) is 4.39. The second kappa shape index (κ2) is 6.06. The first-order valence-corrected chi connectivity index (χ1v) is 5.86. The van der Waals surface area contributed by atoms with Crippen molar-refractivity contribution < 1.29 is 4.79 Å². The zero-order valence-corrected chi connectivity index (χ0v) is 11.1. The van der Waals surface area contributed by atoms with Gasteiger partial charge in [0.2, 0.25) is 0 Å². The van der Waals surface area contributed by atoms with Gasteiger partial charge in [0.15, 0.2) is 5.78 Å². The van der Waals surface area contributed by atoms with Crippen molar-refractivity contribution in [3.05, 3.63) is 11.6 Å². The fraction of sp³-hybridized carbons (Fsp3) is 0.769. The normalized spacial score (nSPS) is 14.9. The Morgan fingerprint density at radius 1 is 1.20 bits per heavy atom. The van der Waals surface area contributed by atoms with Crippen molar-refractivity contribution in [2.75, 3.05) is 13.1 Å². The van der Waals surface area contributed by atoms with Crippen LogP contribution in [0.15, 0.2) is 11.6 Å². The largest absolute Gasteiger partial charge is 0.293 e. The third kappa shape index (κ3) is 3.45. The Hall–Kier alpha value is -0.630. The van der Waals surface area contributed by atoms with Gasteiger partial charge in [0.25, 0.3) is 0 Å². The highest BCUT2D eigenvalue weighted by Gasteiger charge is 2.34. The Morgan fingerprint density at radius 2 is 1.67 bits per heavy atom. The van der Waals surface area contributed by atoms with Gasteiger partial charge >= 0.3 is 0 Å². The molecule has 0 spiro atoms. The molecule has 88 valence electrons. The maximum atomic E-state index is 12.1. The van der Waals surface area contributed by atoms with Gasteiger partial charge in [0.1, 0.15) is 0 Å². The number of carbonyl (C=O) groups is 1. The number of likely N-dealkylation sites (N-methyl/N-ethyl adjacent to an activating group) is 1. The van der Waals surface area contributed by atoms with Crippen LogP contribution in [0.4, 0.5) is 0 Å². The molecular formula is C13H25NO. The van der Waals surface area contributed by atoms with Crippen molar-refractivity contribution in [1.29, 1.82) is 0 Å². The smallest absolute Gasteiger partial charge is 0.175 e. The van der Waals surface area contributed by atoms with Crippen LogP contribution in [0.1, 0.15) is 48.0 Å². The van der Waals surface area contributed by atoms with Gasteiger partial charge in [-0.1, -0.05) is 26.3 Å². The van der Waals surface area contributed by atoms with Gasteiger partial charge in [-0.25, -0.2) is 0 Å². The van der Waals surface area contributed by atoms with Crippen molar-refractivity contribution in [3.8, 4) is 0 Å². The average Bonchev–Trinajstić information content (AvgIpc) is 2.18. The highest BCUT2D eigenvalue weighted by Crippen LogP contribution is 2.21. The Balaban J connectivity index is 4.99. The van der Waals surface area contributed by atoms with Crippen molar-refractivity contribution in [2.45, 2.75) is 53.5 Å². The maximum absolute atomic E-state index is 12.1. The molecule has 0 heterocycles. The molecule has 0 rings (SSSR count). The van der Waals surface area contributed by atoms with Crippen LogP contribution < -0.4 is 0 Å². The van der Waals surface area contributed by atoms with Gasteiger partial charge in [-0.2, -0.15) is 0 Å². The van der Waals surface area contributed by atoms with E-state index < -0.39 is 0 Å². The highest BCUT2D eigenvalue weighted by atomic mass is 16.1. The van der Waals surface area contributed by atoms with E-state index in [1.165, 1.54) is 0 Å². The average molecular weight is 211 g/mol. The predicted octanol–water partition coefficient (Wildman–Crippen LogP) is 3.03. The molecule has 0 aliphatic rings. The van der Waals surface area contributed by atoms with E-state index in [2.05, 4.69) is 25.7 Å². The van der Waals surface area contributed by atoms with Crippen molar-refractivity contribution in [1.82, 2.24) is 4.90 Å². The Labute approximate surface area is 94.4 Å². The molecule has 0 aliphatic heterocycles. The number of hydrogen-bond acceptors (Lipinski definition) is 2. The van der Waals surface area contributed by atoms with Crippen LogP contribution in [0.2, 0.25) is 0 Å². The maximum Gasteiger partial charge on any atom is 0.175 e. The van der Waals surface area contributed by atoms with Crippen molar-refractivity contribution in [3.63, 3.8) is 0 Å². The zero-order valence-electron chi connectivity index (χ0n) is 11.1. The van der Waals surface area contributed by atoms with E-state index in [9.17, 15) is 4.79 Å². The Kier molecular flexibility index (Phi) is 5.81. The Bertz CT molecular complexity index is 237. The first kappa shape index (κ1) is 14.4. The van der Waals surface area contributed by atoms with E-state index in [0.717, 1.165) is 25.1 Å². The minimum absolute atomic E-state index is 0.230. The molecule has 0 radical (unpaired) electrons. The number of hydrogen-bond donors (Lipinski definition) is 0. The van der Waals surface area contributed by atoms with E-state index in [-0.39, 0.29) is 11.3 Å². The number of carbonyl (C=O) groups excluding carboxylic acids is 1. The molecule has 2 heteroatoms. The summed E-state index contributed by atoms with van der Waals surface area (Å²) in [6, 6.07) is 0. The third-order valence-electron chi connectivity index (χ3n) is 3.10. The quantitative estimate of drug-likeness (QED) is 0.629. The van der Waals surface area contributed by atoms with Crippen LogP contribution in [0.5, 0.6) is 0 Å². The lowest BCUT2D eigenvalue weighted by molar-refractivity contribution is -0.125. The molecule has 0 aliphatic carbocycles. The number of nitrogens with zero attached hydrogens (tertiary/aromatic N) is 1. The highest BCUT2D eigenvalue weighted by molar-refractivity contribution is 5.97. The molecule has 0 N–H and O–H groups in total. The van der Waals surface area contributed by atoms with Gasteiger partial charge in [-0.05, 0) is 46.4 Å². The van der Waals surface area contributed by atoms with Gasteiger partial charge in [-0.15, -0.1) is 0 Å². The standard InChI is InChI=1S/C13H25NO/c1-7-13(6,14(8-2)9-3)12(15)10-11(4)5/h10H,7-9H2,1-6H3. The lowest BCUT2D eigenvalue weighted by Gasteiger charge is -2.37. The van der Waals surface area contributed by atoms with Crippen LogP contribution in [0, 0.1) is 0 Å². The van der Waals surface area contributed by atoms with Crippen molar-refractivity contribution in [2.24, 2.45) is 0 Å².